The van der Waals surface area contributed by atoms with Crippen LogP contribution < -0.4 is 10.5 Å². The average molecular weight is 406 g/mol. The summed E-state index contributed by atoms with van der Waals surface area (Å²) in [6.07, 6.45) is 5.49. The number of nitrogens with zero attached hydrogens (tertiary/aromatic N) is 3. The van der Waals surface area contributed by atoms with Crippen molar-refractivity contribution in [2.75, 3.05) is 0 Å². The summed E-state index contributed by atoms with van der Waals surface area (Å²) in [5.74, 6) is 0.239. The van der Waals surface area contributed by atoms with E-state index in [0.717, 1.165) is 32.1 Å². The molecule has 10 heteroatoms. The van der Waals surface area contributed by atoms with E-state index in [1.165, 1.54) is 16.7 Å². The molecular weight excluding hydrogens is 384 g/mol. The molecule has 3 aromatic rings. The van der Waals surface area contributed by atoms with Crippen LogP contribution in [-0.4, -0.2) is 29.2 Å². The van der Waals surface area contributed by atoms with Gasteiger partial charge in [0.1, 0.15) is 0 Å². The molecule has 0 radical (unpaired) electrons. The Balaban J connectivity index is 1.62. The monoisotopic (exact) mass is 406 g/mol. The first-order chi connectivity index (χ1) is 13.5. The summed E-state index contributed by atoms with van der Waals surface area (Å²) in [5.41, 5.74) is 0.681. The maximum Gasteiger partial charge on any atom is 0.420 e. The van der Waals surface area contributed by atoms with Crippen LogP contribution in [0, 0.1) is 0 Å². The zero-order valence-electron chi connectivity index (χ0n) is 15.6. The van der Waals surface area contributed by atoms with E-state index in [4.69, 9.17) is 8.94 Å². The number of nitrogens with one attached hydrogen (secondary N) is 1. The molecule has 2 heterocycles. The molecule has 1 fully saturated rings. The van der Waals surface area contributed by atoms with Crippen LogP contribution in [-0.2, 0) is 23.0 Å². The van der Waals surface area contributed by atoms with E-state index in [0.29, 0.717) is 23.7 Å². The second kappa shape index (κ2) is 7.51. The van der Waals surface area contributed by atoms with Crippen LogP contribution in [0.25, 0.3) is 11.1 Å². The molecule has 150 valence electrons. The maximum atomic E-state index is 12.7. The standard InChI is InChI=1S/C18H22N4O5S/c1-2-17-19-16(20-27-17)11-22-14-9-8-13(10-15(14)26-18(22)23)28(24,25)21-12-6-4-3-5-7-12/h8-10,12,21H,2-7,11H2,1H3. The minimum absolute atomic E-state index is 0.0444. The Morgan fingerprint density at radius 2 is 2.04 bits per heavy atom. The van der Waals surface area contributed by atoms with Crippen molar-refractivity contribution in [2.24, 2.45) is 0 Å². The van der Waals surface area contributed by atoms with Crippen molar-refractivity contribution >= 4 is 21.1 Å². The van der Waals surface area contributed by atoms with Crippen molar-refractivity contribution < 1.29 is 17.4 Å². The lowest BCUT2D eigenvalue weighted by Gasteiger charge is -2.22. The van der Waals surface area contributed by atoms with E-state index >= 15 is 0 Å². The van der Waals surface area contributed by atoms with Gasteiger partial charge in [-0.25, -0.2) is 17.9 Å². The van der Waals surface area contributed by atoms with E-state index < -0.39 is 15.8 Å². The second-order valence-electron chi connectivity index (χ2n) is 7.00. The number of oxazole rings is 1. The van der Waals surface area contributed by atoms with Gasteiger partial charge in [0.25, 0.3) is 0 Å². The molecule has 9 nitrogen and oxygen atoms in total. The quantitative estimate of drug-likeness (QED) is 0.666. The lowest BCUT2D eigenvalue weighted by Crippen LogP contribution is -2.36. The van der Waals surface area contributed by atoms with Crippen LogP contribution in [0.5, 0.6) is 0 Å². The van der Waals surface area contributed by atoms with Crippen LogP contribution in [0.3, 0.4) is 0 Å². The number of aryl methyl sites for hydroxylation is 1. The fourth-order valence-corrected chi connectivity index (χ4v) is 4.83. The van der Waals surface area contributed by atoms with Gasteiger partial charge in [-0.2, -0.15) is 4.98 Å². The first-order valence-corrected chi connectivity index (χ1v) is 10.9. The summed E-state index contributed by atoms with van der Waals surface area (Å²) in [5, 5.41) is 3.84. The smallest absolute Gasteiger partial charge is 0.408 e. The van der Waals surface area contributed by atoms with Crippen LogP contribution in [0.2, 0.25) is 0 Å². The van der Waals surface area contributed by atoms with Gasteiger partial charge >= 0.3 is 5.76 Å². The summed E-state index contributed by atoms with van der Waals surface area (Å²) in [7, 11) is -3.67. The van der Waals surface area contributed by atoms with Gasteiger partial charge in [0.05, 0.1) is 17.0 Å². The van der Waals surface area contributed by atoms with Gasteiger partial charge in [0.2, 0.25) is 15.9 Å². The molecule has 1 aliphatic carbocycles. The normalized spacial score (nSPS) is 16.0. The highest BCUT2D eigenvalue weighted by Gasteiger charge is 2.23. The summed E-state index contributed by atoms with van der Waals surface area (Å²) in [6, 6.07) is 4.38. The van der Waals surface area contributed by atoms with Gasteiger partial charge in [-0.1, -0.05) is 31.3 Å². The molecule has 28 heavy (non-hydrogen) atoms. The highest BCUT2D eigenvalue weighted by molar-refractivity contribution is 7.89. The molecule has 0 amide bonds. The Morgan fingerprint density at radius 3 is 2.75 bits per heavy atom. The van der Waals surface area contributed by atoms with Gasteiger partial charge in [0.15, 0.2) is 11.4 Å². The minimum Gasteiger partial charge on any atom is -0.408 e. The molecule has 0 atom stereocenters. The number of hydrogen-bond acceptors (Lipinski definition) is 7. The maximum absolute atomic E-state index is 12.7. The first kappa shape index (κ1) is 18.9. The lowest BCUT2D eigenvalue weighted by atomic mass is 9.96. The third-order valence-corrected chi connectivity index (χ3v) is 6.51. The summed E-state index contributed by atoms with van der Waals surface area (Å²) in [6.45, 7) is 1.97. The zero-order valence-corrected chi connectivity index (χ0v) is 16.4. The molecule has 1 aromatic carbocycles. The Labute approximate surface area is 161 Å². The van der Waals surface area contributed by atoms with E-state index in [9.17, 15) is 13.2 Å². The number of hydrogen-bond donors (Lipinski definition) is 1. The number of sulfonamides is 1. The number of fused-ring (bicyclic) bond motifs is 1. The summed E-state index contributed by atoms with van der Waals surface area (Å²) >= 11 is 0. The predicted octanol–water partition coefficient (Wildman–Crippen LogP) is 2.20. The Bertz CT molecular complexity index is 1140. The van der Waals surface area contributed by atoms with Crippen LogP contribution in [0.15, 0.2) is 36.8 Å². The zero-order chi connectivity index (χ0) is 19.7. The summed E-state index contributed by atoms with van der Waals surface area (Å²) in [4.78, 5) is 16.5. The SMILES string of the molecule is CCc1nc(Cn2c(=O)oc3cc(S(=O)(=O)NC4CCCCC4)ccc32)no1. The molecule has 0 unspecified atom stereocenters. The molecule has 0 bridgehead atoms. The number of rotatable bonds is 6. The van der Waals surface area contributed by atoms with E-state index in [1.54, 1.807) is 6.07 Å². The molecule has 0 saturated heterocycles. The molecule has 0 aliphatic heterocycles. The van der Waals surface area contributed by atoms with Gasteiger partial charge in [-0.3, -0.25) is 4.57 Å². The Kier molecular flexibility index (Phi) is 5.07. The van der Waals surface area contributed by atoms with E-state index in [1.807, 2.05) is 6.92 Å². The van der Waals surface area contributed by atoms with Crippen molar-refractivity contribution in [3.05, 3.63) is 40.5 Å². The largest absolute Gasteiger partial charge is 0.420 e. The molecule has 4 rings (SSSR count). The molecular formula is C18H22N4O5S. The fourth-order valence-electron chi connectivity index (χ4n) is 3.51. The van der Waals surface area contributed by atoms with Crippen molar-refractivity contribution in [1.29, 1.82) is 0 Å². The lowest BCUT2D eigenvalue weighted by molar-refractivity contribution is 0.375. The van der Waals surface area contributed by atoms with Crippen LogP contribution in [0.1, 0.15) is 50.7 Å². The van der Waals surface area contributed by atoms with Crippen LogP contribution in [0.4, 0.5) is 0 Å². The van der Waals surface area contributed by atoms with Crippen molar-refractivity contribution in [3.8, 4) is 0 Å². The van der Waals surface area contributed by atoms with Crippen molar-refractivity contribution in [3.63, 3.8) is 0 Å². The highest BCUT2D eigenvalue weighted by Crippen LogP contribution is 2.22. The Morgan fingerprint density at radius 1 is 1.25 bits per heavy atom. The predicted molar refractivity (Wildman–Crippen MR) is 100 cm³/mol. The van der Waals surface area contributed by atoms with Crippen molar-refractivity contribution in [2.45, 2.75) is 62.9 Å². The molecule has 1 aliphatic rings. The molecule has 0 spiro atoms. The van der Waals surface area contributed by atoms with E-state index in [2.05, 4.69) is 14.9 Å². The number of benzene rings is 1. The number of aromatic nitrogens is 3. The van der Waals surface area contributed by atoms with Gasteiger partial charge in [0, 0.05) is 18.5 Å². The highest BCUT2D eigenvalue weighted by atomic mass is 32.2. The van der Waals surface area contributed by atoms with Gasteiger partial charge < -0.3 is 8.94 Å². The van der Waals surface area contributed by atoms with E-state index in [-0.39, 0.29) is 23.1 Å². The molecule has 1 N–H and O–H groups in total. The molecule has 2 aromatic heterocycles. The Hall–Kier alpha value is -2.46. The van der Waals surface area contributed by atoms with Gasteiger partial charge in [-0.05, 0) is 25.0 Å². The van der Waals surface area contributed by atoms with Gasteiger partial charge in [-0.15, -0.1) is 0 Å². The fraction of sp³-hybridized carbons (Fsp3) is 0.500. The minimum atomic E-state index is -3.67. The third-order valence-electron chi connectivity index (χ3n) is 4.99. The second-order valence-corrected chi connectivity index (χ2v) is 8.71. The average Bonchev–Trinajstić information content (AvgIpc) is 3.26. The summed E-state index contributed by atoms with van der Waals surface area (Å²) < 4.78 is 39.8. The first-order valence-electron chi connectivity index (χ1n) is 9.43. The molecule has 1 saturated carbocycles. The van der Waals surface area contributed by atoms with Crippen molar-refractivity contribution in [1.82, 2.24) is 19.4 Å². The third kappa shape index (κ3) is 3.74. The van der Waals surface area contributed by atoms with Crippen LogP contribution >= 0.6 is 0 Å². The topological polar surface area (TPSA) is 120 Å².